The maximum absolute atomic E-state index is 12.5. The highest BCUT2D eigenvalue weighted by Gasteiger charge is 2.21. The van der Waals surface area contributed by atoms with Gasteiger partial charge < -0.3 is 19.3 Å². The third-order valence-electron chi connectivity index (χ3n) is 12.9. The average Bonchev–Trinajstić information content (AvgIpc) is 3.25. The summed E-state index contributed by atoms with van der Waals surface area (Å²) in [7, 11) is -4.65. The highest BCUT2D eigenvalue weighted by molar-refractivity contribution is 7.46. The molecular weight excluding hydrogens is 792 g/mol. The number of hydrogen-bond donors (Lipinski definition) is 2. The summed E-state index contributed by atoms with van der Waals surface area (Å²) < 4.78 is 27.2. The van der Waals surface area contributed by atoms with Gasteiger partial charge in [0.15, 0.2) is 0 Å². The lowest BCUT2D eigenvalue weighted by Gasteiger charge is -2.18. The number of carbonyl (C=O) groups excluding carboxylic acids is 1. The predicted molar refractivity (Wildman–Crippen MR) is 267 cm³/mol. The Bertz CT molecular complexity index is 911. The summed E-state index contributed by atoms with van der Waals surface area (Å²) >= 11 is 0. The number of rotatable bonds is 54. The molecule has 7 nitrogen and oxygen atoms in total. The van der Waals surface area contributed by atoms with E-state index in [4.69, 9.17) is 19.3 Å². The number of phosphoric ester groups is 1. The van der Waals surface area contributed by atoms with Crippen LogP contribution in [0.1, 0.15) is 316 Å². The van der Waals surface area contributed by atoms with Crippen molar-refractivity contribution in [1.82, 2.24) is 0 Å². The minimum absolute atomic E-state index is 0.0877. The Morgan fingerprint density at radius 2 is 0.613 bits per heavy atom. The lowest BCUT2D eigenvalue weighted by molar-refractivity contribution is -0.154. The fraction of sp³-hybridized carbons (Fsp3) is 0.981. The van der Waals surface area contributed by atoms with Gasteiger partial charge in [0.25, 0.3) is 0 Å². The number of phosphoric acid groups is 1. The third-order valence-corrected chi connectivity index (χ3v) is 13.4. The van der Waals surface area contributed by atoms with Crippen molar-refractivity contribution in [3.05, 3.63) is 0 Å². The molecule has 1 atom stereocenters. The Morgan fingerprint density at radius 1 is 0.371 bits per heavy atom. The number of ether oxygens (including phenoxy) is 2. The topological polar surface area (TPSA) is 102 Å². The van der Waals surface area contributed by atoms with Crippen LogP contribution in [0.2, 0.25) is 0 Å². The fourth-order valence-corrected chi connectivity index (χ4v) is 9.16. The molecule has 62 heavy (non-hydrogen) atoms. The monoisotopic (exact) mass is 901 g/mol. The van der Waals surface area contributed by atoms with Crippen LogP contribution in [-0.4, -0.2) is 41.7 Å². The maximum Gasteiger partial charge on any atom is 0.469 e. The van der Waals surface area contributed by atoms with E-state index in [1.165, 1.54) is 263 Å². The Labute approximate surface area is 387 Å². The van der Waals surface area contributed by atoms with Crippen LogP contribution in [0.25, 0.3) is 0 Å². The van der Waals surface area contributed by atoms with Crippen LogP contribution >= 0.6 is 7.82 Å². The van der Waals surface area contributed by atoms with Gasteiger partial charge in [-0.1, -0.05) is 296 Å². The molecule has 0 aliphatic rings. The van der Waals surface area contributed by atoms with E-state index < -0.39 is 13.9 Å². The van der Waals surface area contributed by atoms with Crippen LogP contribution in [0.3, 0.4) is 0 Å². The van der Waals surface area contributed by atoms with Crippen LogP contribution in [-0.2, 0) is 23.4 Å². The second-order valence-corrected chi connectivity index (χ2v) is 20.5. The Kier molecular flexibility index (Phi) is 51.1. The van der Waals surface area contributed by atoms with Gasteiger partial charge in [-0.05, 0) is 12.8 Å². The van der Waals surface area contributed by atoms with Crippen molar-refractivity contribution in [2.45, 2.75) is 322 Å². The average molecular weight is 901 g/mol. The minimum Gasteiger partial charge on any atom is -0.457 e. The molecule has 0 rings (SSSR count). The highest BCUT2D eigenvalue weighted by atomic mass is 31.2. The summed E-state index contributed by atoms with van der Waals surface area (Å²) in [6.45, 7) is 4.84. The van der Waals surface area contributed by atoms with Crippen LogP contribution in [0, 0.1) is 0 Å². The van der Waals surface area contributed by atoms with Crippen LogP contribution < -0.4 is 0 Å². The molecule has 0 spiro atoms. The number of hydrogen-bond acceptors (Lipinski definition) is 5. The Hall–Kier alpha value is -0.460. The molecule has 0 amide bonds. The van der Waals surface area contributed by atoms with Crippen molar-refractivity contribution in [2.75, 3.05) is 19.8 Å². The zero-order valence-electron chi connectivity index (χ0n) is 41.8. The second kappa shape index (κ2) is 51.5. The molecule has 2 N–H and O–H groups in total. The van der Waals surface area contributed by atoms with E-state index in [-0.39, 0.29) is 19.2 Å². The van der Waals surface area contributed by atoms with Gasteiger partial charge in [0.2, 0.25) is 0 Å². The van der Waals surface area contributed by atoms with E-state index in [0.29, 0.717) is 13.0 Å². The molecule has 0 aliphatic carbocycles. The Balaban J connectivity index is 3.61. The molecule has 0 saturated carbocycles. The summed E-state index contributed by atoms with van der Waals surface area (Å²) in [6, 6.07) is 0. The minimum atomic E-state index is -4.65. The maximum atomic E-state index is 12.5. The second-order valence-electron chi connectivity index (χ2n) is 19.3. The number of carbonyl (C=O) groups is 1. The summed E-state index contributed by atoms with van der Waals surface area (Å²) in [5, 5.41) is 0. The smallest absolute Gasteiger partial charge is 0.457 e. The quantitative estimate of drug-likeness (QED) is 0.0356. The summed E-state index contributed by atoms with van der Waals surface area (Å²) in [5.41, 5.74) is 0. The van der Waals surface area contributed by atoms with E-state index in [1.54, 1.807) is 0 Å². The molecule has 0 aromatic heterocycles. The van der Waals surface area contributed by atoms with E-state index in [9.17, 15) is 9.36 Å². The molecule has 8 heteroatoms. The summed E-state index contributed by atoms with van der Waals surface area (Å²) in [6.07, 6.45) is 61.4. The lowest BCUT2D eigenvalue weighted by atomic mass is 10.0. The summed E-state index contributed by atoms with van der Waals surface area (Å²) in [5.74, 6) is -0.351. The standard InChI is InChI=1S/C54H109O7P/c1-3-5-7-9-11-13-15-17-19-21-23-25-26-27-28-29-30-31-33-35-37-39-41-43-45-47-49-54(55)61-53(52-60-62(56,57)58)51-59-50-48-46-44-42-40-38-36-34-32-24-22-20-18-16-14-12-10-8-6-4-2/h53H,3-52H2,1-2H3,(H2,56,57,58)/t53-/m1/s1. The first kappa shape index (κ1) is 61.5. The van der Waals surface area contributed by atoms with Crippen molar-refractivity contribution in [1.29, 1.82) is 0 Å². The van der Waals surface area contributed by atoms with Crippen molar-refractivity contribution >= 4 is 13.8 Å². The summed E-state index contributed by atoms with van der Waals surface area (Å²) in [4.78, 5) is 30.8. The van der Waals surface area contributed by atoms with Gasteiger partial charge in [0, 0.05) is 13.0 Å². The molecule has 0 heterocycles. The van der Waals surface area contributed by atoms with Crippen molar-refractivity contribution in [2.24, 2.45) is 0 Å². The van der Waals surface area contributed by atoms with Crippen LogP contribution in [0.15, 0.2) is 0 Å². The van der Waals surface area contributed by atoms with Crippen molar-refractivity contribution in [3.8, 4) is 0 Å². The zero-order valence-corrected chi connectivity index (χ0v) is 42.7. The first-order valence-electron chi connectivity index (χ1n) is 27.9. The Morgan fingerprint density at radius 3 is 0.871 bits per heavy atom. The number of esters is 1. The largest absolute Gasteiger partial charge is 0.469 e. The van der Waals surface area contributed by atoms with Gasteiger partial charge in [-0.25, -0.2) is 4.57 Å². The molecular formula is C54H109O7P. The molecule has 0 radical (unpaired) electrons. The third kappa shape index (κ3) is 53.9. The van der Waals surface area contributed by atoms with Gasteiger partial charge in [-0.2, -0.15) is 0 Å². The van der Waals surface area contributed by atoms with Gasteiger partial charge >= 0.3 is 13.8 Å². The van der Waals surface area contributed by atoms with Crippen molar-refractivity contribution < 1.29 is 33.1 Å². The molecule has 0 aromatic carbocycles. The van der Waals surface area contributed by atoms with Gasteiger partial charge in [0.05, 0.1) is 13.2 Å². The van der Waals surface area contributed by atoms with E-state index in [2.05, 4.69) is 18.4 Å². The molecule has 0 unspecified atom stereocenters. The van der Waals surface area contributed by atoms with Gasteiger partial charge in [-0.3, -0.25) is 9.32 Å². The zero-order chi connectivity index (χ0) is 45.1. The predicted octanol–water partition coefficient (Wildman–Crippen LogP) is 18.4. The van der Waals surface area contributed by atoms with Crippen LogP contribution in [0.5, 0.6) is 0 Å². The van der Waals surface area contributed by atoms with Gasteiger partial charge in [-0.15, -0.1) is 0 Å². The van der Waals surface area contributed by atoms with Crippen LogP contribution in [0.4, 0.5) is 0 Å². The van der Waals surface area contributed by atoms with E-state index in [1.807, 2.05) is 0 Å². The van der Waals surface area contributed by atoms with Gasteiger partial charge in [0.1, 0.15) is 6.10 Å². The van der Waals surface area contributed by atoms with Crippen molar-refractivity contribution in [3.63, 3.8) is 0 Å². The molecule has 372 valence electrons. The molecule has 0 fully saturated rings. The SMILES string of the molecule is CCCCCCCCCCCCCCCCCCCCCCCCCCCCC(=O)O[C@H](COCCCCCCCCCCCCCCCCCCCCCC)COP(=O)(O)O. The molecule has 0 saturated heterocycles. The van der Waals surface area contributed by atoms with E-state index >= 15 is 0 Å². The highest BCUT2D eigenvalue weighted by Crippen LogP contribution is 2.36. The number of unbranched alkanes of at least 4 members (excludes halogenated alkanes) is 44. The first-order valence-corrected chi connectivity index (χ1v) is 29.4. The normalized spacial score (nSPS) is 12.4. The molecule has 0 bridgehead atoms. The molecule has 0 aromatic rings. The fourth-order valence-electron chi connectivity index (χ4n) is 8.80. The first-order chi connectivity index (χ1) is 30.4. The van der Waals surface area contributed by atoms with E-state index in [0.717, 1.165) is 32.1 Å². The molecule has 0 aliphatic heterocycles. The lowest BCUT2D eigenvalue weighted by Crippen LogP contribution is -2.28.